The van der Waals surface area contributed by atoms with Crippen LogP contribution in [-0.2, 0) is 14.8 Å². The molecule has 1 aliphatic carbocycles. The number of H-pyrrole nitrogens is 1. The zero-order chi connectivity index (χ0) is 15.5. The molecule has 0 unspecified atom stereocenters. The molecule has 116 valence electrons. The smallest absolute Gasteiger partial charge is 0.322 e. The molecule has 0 bridgehead atoms. The molecular formula is C15H16N2O4S. The van der Waals surface area contributed by atoms with E-state index in [2.05, 4.69) is 4.98 Å². The summed E-state index contributed by atoms with van der Waals surface area (Å²) in [6.07, 6.45) is 3.16. The van der Waals surface area contributed by atoms with Crippen LogP contribution in [0.5, 0.6) is 0 Å². The second-order valence-corrected chi connectivity index (χ2v) is 7.92. The molecule has 7 heteroatoms. The summed E-state index contributed by atoms with van der Waals surface area (Å²) in [7, 11) is -3.82. The van der Waals surface area contributed by atoms with Gasteiger partial charge in [0.1, 0.15) is 10.9 Å². The van der Waals surface area contributed by atoms with Crippen molar-refractivity contribution in [1.82, 2.24) is 9.29 Å². The van der Waals surface area contributed by atoms with E-state index in [-0.39, 0.29) is 16.7 Å². The van der Waals surface area contributed by atoms with Crippen LogP contribution in [0, 0.1) is 11.8 Å². The molecule has 1 saturated heterocycles. The van der Waals surface area contributed by atoms with Gasteiger partial charge >= 0.3 is 5.97 Å². The van der Waals surface area contributed by atoms with Gasteiger partial charge in [-0.25, -0.2) is 8.42 Å². The standard InChI is InChI=1S/C15H16N2O4S/c18-15(19)14-10-6-5-9(10)8-17(14)22(20,21)13-7-16-12-4-2-1-3-11(12)13/h1-4,7,9-10,14,16H,5-6,8H2,(H,18,19)/t9-,10-,14-/m0/s1. The van der Waals surface area contributed by atoms with E-state index in [1.807, 2.05) is 6.07 Å². The van der Waals surface area contributed by atoms with E-state index in [0.717, 1.165) is 18.4 Å². The maximum Gasteiger partial charge on any atom is 0.322 e. The number of nitrogens with zero attached hydrogens (tertiary/aromatic N) is 1. The van der Waals surface area contributed by atoms with Gasteiger partial charge in [-0.1, -0.05) is 18.2 Å². The van der Waals surface area contributed by atoms with Crippen LogP contribution in [-0.4, -0.2) is 41.4 Å². The largest absolute Gasteiger partial charge is 0.480 e. The van der Waals surface area contributed by atoms with E-state index in [0.29, 0.717) is 11.9 Å². The summed E-state index contributed by atoms with van der Waals surface area (Å²) in [6.45, 7) is 0.309. The van der Waals surface area contributed by atoms with Crippen LogP contribution in [0.1, 0.15) is 12.8 Å². The predicted molar refractivity (Wildman–Crippen MR) is 79.8 cm³/mol. The van der Waals surface area contributed by atoms with Crippen LogP contribution in [0.25, 0.3) is 10.9 Å². The van der Waals surface area contributed by atoms with Crippen LogP contribution < -0.4 is 0 Å². The van der Waals surface area contributed by atoms with Gasteiger partial charge in [-0.2, -0.15) is 4.31 Å². The summed E-state index contributed by atoms with van der Waals surface area (Å²) in [4.78, 5) is 14.7. The lowest BCUT2D eigenvalue weighted by atomic mass is 9.73. The Morgan fingerprint density at radius 3 is 2.73 bits per heavy atom. The normalized spacial score (nSPS) is 28.5. The lowest BCUT2D eigenvalue weighted by Crippen LogP contribution is -2.43. The number of fused-ring (bicyclic) bond motifs is 2. The van der Waals surface area contributed by atoms with Gasteiger partial charge in [-0.15, -0.1) is 0 Å². The zero-order valence-corrected chi connectivity index (χ0v) is 12.6. The minimum Gasteiger partial charge on any atom is -0.480 e. The molecule has 6 nitrogen and oxygen atoms in total. The maximum absolute atomic E-state index is 13.0. The minimum absolute atomic E-state index is 0.0440. The molecule has 2 N–H and O–H groups in total. The number of hydrogen-bond donors (Lipinski definition) is 2. The van der Waals surface area contributed by atoms with Crippen LogP contribution in [0.4, 0.5) is 0 Å². The first-order valence-electron chi connectivity index (χ1n) is 7.31. The van der Waals surface area contributed by atoms with E-state index in [4.69, 9.17) is 0 Å². The summed E-state index contributed by atoms with van der Waals surface area (Å²) >= 11 is 0. The Kier molecular flexibility index (Phi) is 2.86. The number of hydrogen-bond acceptors (Lipinski definition) is 3. The third-order valence-electron chi connectivity index (χ3n) is 5.00. The van der Waals surface area contributed by atoms with Gasteiger partial charge < -0.3 is 10.1 Å². The van der Waals surface area contributed by atoms with Crippen molar-refractivity contribution >= 4 is 26.9 Å². The summed E-state index contributed by atoms with van der Waals surface area (Å²) in [6, 6.07) is 6.20. The van der Waals surface area contributed by atoms with Crippen LogP contribution in [0.3, 0.4) is 0 Å². The molecular weight excluding hydrogens is 304 g/mol. The monoisotopic (exact) mass is 320 g/mol. The van der Waals surface area contributed by atoms with Gasteiger partial charge in [0.15, 0.2) is 0 Å². The Hall–Kier alpha value is -1.86. The number of carboxylic acid groups (broad SMARTS) is 1. The fourth-order valence-corrected chi connectivity index (χ4v) is 5.58. The minimum atomic E-state index is -3.82. The number of para-hydroxylation sites is 1. The molecule has 2 heterocycles. The van der Waals surface area contributed by atoms with Crippen molar-refractivity contribution in [2.45, 2.75) is 23.8 Å². The Balaban J connectivity index is 1.82. The molecule has 1 saturated carbocycles. The molecule has 1 aliphatic heterocycles. The quantitative estimate of drug-likeness (QED) is 0.900. The van der Waals surface area contributed by atoms with Crippen molar-refractivity contribution < 1.29 is 18.3 Å². The number of aromatic amines is 1. The van der Waals surface area contributed by atoms with Gasteiger partial charge in [-0.3, -0.25) is 4.79 Å². The summed E-state index contributed by atoms with van der Waals surface area (Å²) in [5, 5.41) is 10.1. The van der Waals surface area contributed by atoms with Gasteiger partial charge in [0.05, 0.1) is 0 Å². The van der Waals surface area contributed by atoms with Crippen LogP contribution >= 0.6 is 0 Å². The lowest BCUT2D eigenvalue weighted by molar-refractivity contribution is -0.142. The SMILES string of the molecule is O=C(O)[C@@H]1[C@H]2CC[C@H]2CN1S(=O)(=O)c1c[nH]c2ccccc12. The molecule has 0 spiro atoms. The van der Waals surface area contributed by atoms with Gasteiger partial charge in [0.25, 0.3) is 0 Å². The van der Waals surface area contributed by atoms with E-state index >= 15 is 0 Å². The fourth-order valence-electron chi connectivity index (χ4n) is 3.73. The van der Waals surface area contributed by atoms with Crippen molar-refractivity contribution in [3.63, 3.8) is 0 Å². The topological polar surface area (TPSA) is 90.5 Å². The highest BCUT2D eigenvalue weighted by molar-refractivity contribution is 7.89. The third kappa shape index (κ3) is 1.75. The zero-order valence-electron chi connectivity index (χ0n) is 11.8. The highest BCUT2D eigenvalue weighted by Crippen LogP contribution is 2.47. The van der Waals surface area contributed by atoms with Gasteiger partial charge in [0.2, 0.25) is 10.0 Å². The summed E-state index contributed by atoms with van der Waals surface area (Å²) < 4.78 is 27.2. The number of rotatable bonds is 3. The number of benzene rings is 1. The molecule has 2 aliphatic rings. The Labute approximate surface area is 127 Å². The molecule has 0 amide bonds. The first-order chi connectivity index (χ1) is 10.5. The highest BCUT2D eigenvalue weighted by Gasteiger charge is 2.54. The second kappa shape index (κ2) is 4.57. The Morgan fingerprint density at radius 2 is 2.05 bits per heavy atom. The fraction of sp³-hybridized carbons (Fsp3) is 0.400. The first kappa shape index (κ1) is 13.8. The van der Waals surface area contributed by atoms with Gasteiger partial charge in [-0.05, 0) is 30.7 Å². The highest BCUT2D eigenvalue weighted by atomic mass is 32.2. The van der Waals surface area contributed by atoms with E-state index in [1.165, 1.54) is 10.5 Å². The van der Waals surface area contributed by atoms with Crippen molar-refractivity contribution in [2.75, 3.05) is 6.54 Å². The third-order valence-corrected chi connectivity index (χ3v) is 6.88. The molecule has 2 aromatic rings. The average molecular weight is 320 g/mol. The van der Waals surface area contributed by atoms with E-state index in [9.17, 15) is 18.3 Å². The average Bonchev–Trinajstić information content (AvgIpc) is 2.99. The number of aliphatic carboxylic acids is 1. The molecule has 4 rings (SSSR count). The summed E-state index contributed by atoms with van der Waals surface area (Å²) in [5.74, 6) is -0.908. The lowest BCUT2D eigenvalue weighted by Gasteiger charge is -2.31. The molecule has 0 radical (unpaired) electrons. The van der Waals surface area contributed by atoms with E-state index < -0.39 is 22.0 Å². The number of carboxylic acids is 1. The molecule has 2 fully saturated rings. The predicted octanol–water partition coefficient (Wildman–Crippen LogP) is 1.65. The Morgan fingerprint density at radius 1 is 1.27 bits per heavy atom. The molecule has 1 aromatic carbocycles. The van der Waals surface area contributed by atoms with Crippen molar-refractivity contribution in [3.8, 4) is 0 Å². The molecule has 1 aromatic heterocycles. The molecule has 3 atom stereocenters. The number of sulfonamides is 1. The first-order valence-corrected chi connectivity index (χ1v) is 8.75. The maximum atomic E-state index is 13.0. The molecule has 22 heavy (non-hydrogen) atoms. The van der Waals surface area contributed by atoms with Crippen molar-refractivity contribution in [3.05, 3.63) is 30.5 Å². The van der Waals surface area contributed by atoms with Crippen molar-refractivity contribution in [2.24, 2.45) is 11.8 Å². The second-order valence-electron chi connectivity index (χ2n) is 6.06. The summed E-state index contributed by atoms with van der Waals surface area (Å²) in [5.41, 5.74) is 0.732. The van der Waals surface area contributed by atoms with Crippen molar-refractivity contribution in [1.29, 1.82) is 0 Å². The Bertz CT molecular complexity index is 857. The number of aromatic nitrogens is 1. The van der Waals surface area contributed by atoms with E-state index in [1.54, 1.807) is 18.2 Å². The number of nitrogens with one attached hydrogen (secondary N) is 1. The number of carbonyl (C=O) groups is 1. The van der Waals surface area contributed by atoms with Crippen LogP contribution in [0.2, 0.25) is 0 Å². The van der Waals surface area contributed by atoms with Gasteiger partial charge in [0, 0.05) is 23.6 Å². The van der Waals surface area contributed by atoms with Crippen LogP contribution in [0.15, 0.2) is 35.4 Å².